The molecule has 1 atom stereocenters. The quantitative estimate of drug-likeness (QED) is 0.221. The number of alkyl halides is 3. The molecule has 3 aromatic rings. The average Bonchev–Trinajstić information content (AvgIpc) is 3.58. The zero-order valence-electron chi connectivity index (χ0n) is 24.4. The molecule has 1 aliphatic rings. The van der Waals surface area contributed by atoms with Gasteiger partial charge in [-0.1, -0.05) is 36.2 Å². The van der Waals surface area contributed by atoms with E-state index in [1.807, 2.05) is 0 Å². The second-order valence-electron chi connectivity index (χ2n) is 11.1. The number of carbonyl (C=O) groups excluding carboxylic acids is 1. The maximum atomic E-state index is 14.2. The number of ether oxygens (including phenoxy) is 1. The lowest BCUT2D eigenvalue weighted by Crippen LogP contribution is -2.42. The molecule has 0 bridgehead atoms. The van der Waals surface area contributed by atoms with Crippen molar-refractivity contribution in [3.63, 3.8) is 0 Å². The Morgan fingerprint density at radius 3 is 2.64 bits per heavy atom. The van der Waals surface area contributed by atoms with Gasteiger partial charge in [0.15, 0.2) is 5.01 Å². The molecule has 0 aliphatic carbocycles. The fourth-order valence-electron chi connectivity index (χ4n) is 4.71. The number of nitrogens with one attached hydrogen (secondary N) is 1. The number of piperidine rings is 1. The number of methoxy groups -OCH3 is 1. The van der Waals surface area contributed by atoms with Crippen molar-refractivity contribution in [2.45, 2.75) is 69.9 Å². The highest BCUT2D eigenvalue weighted by Gasteiger charge is 2.36. The van der Waals surface area contributed by atoms with Gasteiger partial charge >= 0.3 is 5.97 Å². The fraction of sp³-hybridized carbons (Fsp3) is 0.556. The molecule has 44 heavy (non-hydrogen) atoms. The molecule has 242 valence electrons. The van der Waals surface area contributed by atoms with Crippen LogP contribution in [0.5, 0.6) is 0 Å². The Morgan fingerprint density at radius 1 is 1.27 bits per heavy atom. The fourth-order valence-corrected chi connectivity index (χ4v) is 7.96. The number of rotatable bonds is 12. The van der Waals surface area contributed by atoms with Crippen molar-refractivity contribution >= 4 is 50.5 Å². The molecule has 3 heterocycles. The minimum absolute atomic E-state index is 0.0298. The maximum Gasteiger partial charge on any atom is 0.311 e. The van der Waals surface area contributed by atoms with Crippen LogP contribution >= 0.6 is 34.5 Å². The summed E-state index contributed by atoms with van der Waals surface area (Å²) in [4.78, 5) is 18.4. The minimum Gasteiger partial charge on any atom is -0.469 e. The van der Waals surface area contributed by atoms with Crippen LogP contribution in [0.25, 0.3) is 21.3 Å². The number of hydrogen-bond acceptors (Lipinski definition) is 10. The molecule has 4 rings (SSSR count). The topological polar surface area (TPSA) is 128 Å². The summed E-state index contributed by atoms with van der Waals surface area (Å²) < 4.78 is 80.6. The summed E-state index contributed by atoms with van der Waals surface area (Å²) in [5, 5.41) is 7.96. The van der Waals surface area contributed by atoms with Crippen molar-refractivity contribution in [3.05, 3.63) is 33.8 Å². The Bertz CT molecular complexity index is 1610. The van der Waals surface area contributed by atoms with Crippen LogP contribution in [0.2, 0.25) is 10.0 Å². The predicted octanol–water partition coefficient (Wildman–Crippen LogP) is 6.17. The lowest BCUT2D eigenvalue weighted by molar-refractivity contribution is -0.150. The number of esters is 1. The molecule has 2 aromatic heterocycles. The van der Waals surface area contributed by atoms with E-state index >= 15 is 0 Å². The van der Waals surface area contributed by atoms with Gasteiger partial charge in [-0.25, -0.2) is 31.3 Å². The molecule has 1 aromatic carbocycles. The SMILES string of the molecule is CC[C@@H](CF)NS(=O)(=O)c1ccc(-c2sc(-c3nnc(CC(C)(C)C(=O)OC)o3)nc2CN2CCCC(F)(F)C2)c(Cl)c1Cl. The summed E-state index contributed by atoms with van der Waals surface area (Å²) in [5.74, 6) is -3.13. The van der Waals surface area contributed by atoms with Crippen LogP contribution in [0.15, 0.2) is 21.4 Å². The first-order chi connectivity index (χ1) is 20.6. The molecule has 10 nitrogen and oxygen atoms in total. The van der Waals surface area contributed by atoms with E-state index in [-0.39, 0.29) is 57.5 Å². The Morgan fingerprint density at radius 2 is 2.00 bits per heavy atom. The van der Waals surface area contributed by atoms with Gasteiger partial charge in [-0.2, -0.15) is 0 Å². The van der Waals surface area contributed by atoms with Crippen LogP contribution in [0, 0.1) is 5.41 Å². The number of halogens is 5. The van der Waals surface area contributed by atoms with E-state index in [2.05, 4.69) is 19.9 Å². The number of sulfonamides is 1. The first-order valence-corrected chi connectivity index (χ1v) is 16.7. The standard InChI is InChI=1S/C27H32Cl2F3N5O5S2/c1-5-15(12-30)36-44(39,40)18-8-7-16(20(28)21(18)29)22-17(13-37-10-6-9-27(31,32)14-37)33-24(43-22)23-35-34-19(42-23)11-26(2,3)25(38)41-4/h7-8,15,36H,5-6,9-14H2,1-4H3/t15-/m0/s1. The van der Waals surface area contributed by atoms with Crippen molar-refractivity contribution in [2.24, 2.45) is 5.41 Å². The van der Waals surface area contributed by atoms with Gasteiger partial charge in [-0.05, 0) is 39.3 Å². The highest BCUT2D eigenvalue weighted by atomic mass is 35.5. The van der Waals surface area contributed by atoms with Crippen LogP contribution in [0.3, 0.4) is 0 Å². The van der Waals surface area contributed by atoms with Gasteiger partial charge in [-0.3, -0.25) is 9.69 Å². The van der Waals surface area contributed by atoms with Gasteiger partial charge in [-0.15, -0.1) is 21.5 Å². The number of benzene rings is 1. The monoisotopic (exact) mass is 697 g/mol. The zero-order valence-corrected chi connectivity index (χ0v) is 27.6. The summed E-state index contributed by atoms with van der Waals surface area (Å²) in [5.41, 5.74) is -0.269. The lowest BCUT2D eigenvalue weighted by atomic mass is 9.89. The minimum atomic E-state index is -4.22. The normalized spacial score (nSPS) is 16.7. The van der Waals surface area contributed by atoms with Gasteiger partial charge in [0.1, 0.15) is 11.6 Å². The van der Waals surface area contributed by atoms with E-state index in [1.54, 1.807) is 25.7 Å². The molecule has 1 fully saturated rings. The third kappa shape index (κ3) is 7.73. The molecule has 0 radical (unpaired) electrons. The number of hydrogen-bond donors (Lipinski definition) is 1. The van der Waals surface area contributed by atoms with E-state index < -0.39 is 46.6 Å². The Hall–Kier alpha value is -2.30. The number of nitrogens with zero attached hydrogens (tertiary/aromatic N) is 4. The van der Waals surface area contributed by atoms with E-state index in [4.69, 9.17) is 32.4 Å². The highest BCUT2D eigenvalue weighted by molar-refractivity contribution is 7.89. The van der Waals surface area contributed by atoms with Gasteiger partial charge in [0.2, 0.25) is 15.9 Å². The third-order valence-corrected chi connectivity index (χ3v) is 10.8. The largest absolute Gasteiger partial charge is 0.469 e. The first-order valence-electron chi connectivity index (χ1n) is 13.7. The van der Waals surface area contributed by atoms with Crippen molar-refractivity contribution in [1.29, 1.82) is 0 Å². The summed E-state index contributed by atoms with van der Waals surface area (Å²) in [6.45, 7) is 4.06. The molecule has 0 saturated carbocycles. The van der Waals surface area contributed by atoms with Gasteiger partial charge in [0, 0.05) is 24.9 Å². The predicted molar refractivity (Wildman–Crippen MR) is 160 cm³/mol. The molecule has 1 saturated heterocycles. The molecular weight excluding hydrogens is 666 g/mol. The second-order valence-corrected chi connectivity index (χ2v) is 14.6. The van der Waals surface area contributed by atoms with Crippen LogP contribution in [0.1, 0.15) is 51.6 Å². The van der Waals surface area contributed by atoms with Gasteiger partial charge in [0.25, 0.3) is 11.8 Å². The number of aromatic nitrogens is 3. The van der Waals surface area contributed by atoms with E-state index in [0.717, 1.165) is 11.3 Å². The van der Waals surface area contributed by atoms with E-state index in [9.17, 15) is 26.4 Å². The van der Waals surface area contributed by atoms with Crippen LogP contribution in [0.4, 0.5) is 13.2 Å². The average molecular weight is 699 g/mol. The zero-order chi connectivity index (χ0) is 32.4. The smallest absolute Gasteiger partial charge is 0.311 e. The molecule has 17 heteroatoms. The lowest BCUT2D eigenvalue weighted by Gasteiger charge is -2.32. The summed E-state index contributed by atoms with van der Waals surface area (Å²) in [6.07, 6.45) is 0.400. The molecular formula is C27H32Cl2F3N5O5S2. The summed E-state index contributed by atoms with van der Waals surface area (Å²) in [6, 6.07) is 1.74. The van der Waals surface area contributed by atoms with Crippen molar-refractivity contribution in [2.75, 3.05) is 26.9 Å². The number of thiazole rings is 1. The summed E-state index contributed by atoms with van der Waals surface area (Å²) in [7, 11) is -2.94. The number of likely N-dealkylation sites (tertiary alicyclic amines) is 1. The Balaban J connectivity index is 1.74. The van der Waals surface area contributed by atoms with Crippen LogP contribution < -0.4 is 4.72 Å². The highest BCUT2D eigenvalue weighted by Crippen LogP contribution is 2.44. The first kappa shape index (κ1) is 34.6. The maximum absolute atomic E-state index is 14.2. The molecule has 1 N–H and O–H groups in total. The second kappa shape index (κ2) is 13.6. The Kier molecular flexibility index (Phi) is 10.7. The molecule has 0 spiro atoms. The number of carbonyl (C=O) groups is 1. The van der Waals surface area contributed by atoms with Crippen molar-refractivity contribution < 1.29 is 35.5 Å². The van der Waals surface area contributed by atoms with Crippen molar-refractivity contribution in [1.82, 2.24) is 24.8 Å². The Labute approximate surface area is 267 Å². The molecule has 1 aliphatic heterocycles. The summed E-state index contributed by atoms with van der Waals surface area (Å²) >= 11 is 14.2. The van der Waals surface area contributed by atoms with Gasteiger partial charge < -0.3 is 9.15 Å². The van der Waals surface area contributed by atoms with E-state index in [0.29, 0.717) is 29.1 Å². The third-order valence-electron chi connectivity index (χ3n) is 7.11. The van der Waals surface area contributed by atoms with Crippen molar-refractivity contribution in [3.8, 4) is 21.3 Å². The van der Waals surface area contributed by atoms with Gasteiger partial charge in [0.05, 0.1) is 45.7 Å². The molecule has 0 unspecified atom stereocenters. The van der Waals surface area contributed by atoms with Crippen LogP contribution in [-0.4, -0.2) is 73.3 Å². The van der Waals surface area contributed by atoms with E-state index in [1.165, 1.54) is 19.2 Å². The van der Waals surface area contributed by atoms with Crippen LogP contribution in [-0.2, 0) is 32.5 Å². The molecule has 0 amide bonds.